The average molecular weight is 365 g/mol. The lowest BCUT2D eigenvalue weighted by molar-refractivity contribution is 0.102. The molecule has 1 saturated carbocycles. The Bertz CT molecular complexity index is 760. The molecule has 126 valence electrons. The number of halogens is 2. The second-order valence-corrected chi connectivity index (χ2v) is 6.65. The zero-order valence-electron chi connectivity index (χ0n) is 13.3. The Hall–Kier alpha value is -1.85. The van der Waals surface area contributed by atoms with Crippen LogP contribution in [0.3, 0.4) is 0 Å². The van der Waals surface area contributed by atoms with E-state index in [1.165, 1.54) is 12.8 Å². The Morgan fingerprint density at radius 2 is 1.96 bits per heavy atom. The summed E-state index contributed by atoms with van der Waals surface area (Å²) in [6.45, 7) is 1.77. The van der Waals surface area contributed by atoms with Gasteiger partial charge in [0.05, 0.1) is 15.7 Å². The third kappa shape index (κ3) is 3.97. The molecule has 1 aromatic carbocycles. The van der Waals surface area contributed by atoms with Crippen molar-refractivity contribution in [2.75, 3.05) is 10.6 Å². The summed E-state index contributed by atoms with van der Waals surface area (Å²) in [4.78, 5) is 21.1. The fourth-order valence-electron chi connectivity index (χ4n) is 2.82. The Labute approximate surface area is 150 Å². The van der Waals surface area contributed by atoms with E-state index >= 15 is 0 Å². The van der Waals surface area contributed by atoms with Gasteiger partial charge in [0.15, 0.2) is 0 Å². The van der Waals surface area contributed by atoms with E-state index in [-0.39, 0.29) is 5.91 Å². The van der Waals surface area contributed by atoms with Gasteiger partial charge in [0.25, 0.3) is 5.91 Å². The molecular formula is C17H18Cl2N4O. The molecule has 0 bridgehead atoms. The number of amides is 1. The van der Waals surface area contributed by atoms with Gasteiger partial charge in [-0.1, -0.05) is 42.1 Å². The van der Waals surface area contributed by atoms with E-state index in [2.05, 4.69) is 20.6 Å². The van der Waals surface area contributed by atoms with Gasteiger partial charge in [0.1, 0.15) is 17.3 Å². The second kappa shape index (κ2) is 7.36. The van der Waals surface area contributed by atoms with Crippen molar-refractivity contribution in [1.29, 1.82) is 0 Å². The highest BCUT2D eigenvalue weighted by atomic mass is 35.5. The molecule has 2 N–H and O–H groups in total. The van der Waals surface area contributed by atoms with Gasteiger partial charge in [-0.25, -0.2) is 9.97 Å². The normalized spacial score (nSPS) is 14.6. The molecule has 1 aliphatic carbocycles. The minimum absolute atomic E-state index is 0.291. The molecule has 24 heavy (non-hydrogen) atoms. The number of aryl methyl sites for hydroxylation is 1. The van der Waals surface area contributed by atoms with Crippen LogP contribution >= 0.6 is 23.2 Å². The molecular weight excluding hydrogens is 347 g/mol. The highest BCUT2D eigenvalue weighted by Crippen LogP contribution is 2.30. The maximum absolute atomic E-state index is 12.5. The number of carbonyl (C=O) groups excluding carboxylic acids is 1. The van der Waals surface area contributed by atoms with Gasteiger partial charge < -0.3 is 10.6 Å². The number of hydrogen-bond acceptors (Lipinski definition) is 4. The van der Waals surface area contributed by atoms with Gasteiger partial charge in [-0.15, -0.1) is 0 Å². The number of carbonyl (C=O) groups is 1. The van der Waals surface area contributed by atoms with Crippen LogP contribution in [0.5, 0.6) is 0 Å². The molecule has 1 heterocycles. The molecule has 0 unspecified atom stereocenters. The molecule has 1 aliphatic rings. The third-order valence-electron chi connectivity index (χ3n) is 3.98. The van der Waals surface area contributed by atoms with E-state index in [0.29, 0.717) is 39.1 Å². The second-order valence-electron chi connectivity index (χ2n) is 5.87. The molecule has 1 aromatic heterocycles. The Balaban J connectivity index is 1.78. The molecule has 0 atom stereocenters. The fraction of sp³-hybridized carbons (Fsp3) is 0.353. The first-order chi connectivity index (χ1) is 11.5. The molecule has 0 radical (unpaired) electrons. The number of benzene rings is 1. The minimum Gasteiger partial charge on any atom is -0.367 e. The van der Waals surface area contributed by atoms with Gasteiger partial charge in [0, 0.05) is 12.1 Å². The number of nitrogens with zero attached hydrogens (tertiary/aromatic N) is 2. The van der Waals surface area contributed by atoms with Gasteiger partial charge >= 0.3 is 0 Å². The van der Waals surface area contributed by atoms with Crippen LogP contribution in [0.1, 0.15) is 42.0 Å². The van der Waals surface area contributed by atoms with E-state index in [4.69, 9.17) is 23.2 Å². The molecule has 7 heteroatoms. The number of nitrogens with one attached hydrogen (secondary N) is 2. The summed E-state index contributed by atoms with van der Waals surface area (Å²) in [7, 11) is 0. The molecule has 0 saturated heterocycles. The number of hydrogen-bond donors (Lipinski definition) is 2. The summed E-state index contributed by atoms with van der Waals surface area (Å²) in [5.41, 5.74) is 0.745. The van der Waals surface area contributed by atoms with Crippen molar-refractivity contribution < 1.29 is 4.79 Å². The lowest BCUT2D eigenvalue weighted by Gasteiger charge is -2.14. The number of anilines is 2. The van der Waals surface area contributed by atoms with Gasteiger partial charge in [-0.05, 0) is 31.9 Å². The molecule has 2 aromatic rings. The zero-order valence-corrected chi connectivity index (χ0v) is 14.8. The fourth-order valence-corrected chi connectivity index (χ4v) is 3.17. The van der Waals surface area contributed by atoms with Crippen LogP contribution < -0.4 is 10.6 Å². The Kier molecular flexibility index (Phi) is 5.21. The average Bonchev–Trinajstić information content (AvgIpc) is 3.04. The summed E-state index contributed by atoms with van der Waals surface area (Å²) < 4.78 is 0. The molecule has 0 aliphatic heterocycles. The predicted octanol–water partition coefficient (Wildman–Crippen LogP) is 4.70. The predicted molar refractivity (Wildman–Crippen MR) is 97.1 cm³/mol. The highest BCUT2D eigenvalue weighted by molar-refractivity contribution is 6.44. The van der Waals surface area contributed by atoms with Crippen molar-refractivity contribution in [3.05, 3.63) is 45.8 Å². The largest absolute Gasteiger partial charge is 0.367 e. The number of aromatic nitrogens is 2. The summed E-state index contributed by atoms with van der Waals surface area (Å²) in [5.74, 6) is 0.871. The van der Waals surface area contributed by atoms with E-state index in [0.717, 1.165) is 12.8 Å². The Morgan fingerprint density at radius 1 is 1.21 bits per heavy atom. The molecule has 3 rings (SSSR count). The first-order valence-corrected chi connectivity index (χ1v) is 8.66. The number of rotatable bonds is 4. The van der Waals surface area contributed by atoms with Gasteiger partial charge in [-0.3, -0.25) is 4.79 Å². The first-order valence-electron chi connectivity index (χ1n) is 7.90. The van der Waals surface area contributed by atoms with Crippen molar-refractivity contribution in [1.82, 2.24) is 9.97 Å². The van der Waals surface area contributed by atoms with Crippen molar-refractivity contribution >= 4 is 40.6 Å². The summed E-state index contributed by atoms with van der Waals surface area (Å²) in [6.07, 6.45) is 4.70. The highest BCUT2D eigenvalue weighted by Gasteiger charge is 2.17. The summed E-state index contributed by atoms with van der Waals surface area (Å²) in [5, 5.41) is 6.82. The summed E-state index contributed by atoms with van der Waals surface area (Å²) >= 11 is 12.1. The van der Waals surface area contributed by atoms with Crippen LogP contribution in [0.15, 0.2) is 24.3 Å². The zero-order chi connectivity index (χ0) is 17.1. The maximum Gasteiger partial charge on any atom is 0.274 e. The lowest BCUT2D eigenvalue weighted by atomic mass is 10.2. The third-order valence-corrected chi connectivity index (χ3v) is 4.80. The molecule has 1 fully saturated rings. The van der Waals surface area contributed by atoms with Crippen LogP contribution in [0.2, 0.25) is 10.0 Å². The van der Waals surface area contributed by atoms with Crippen molar-refractivity contribution in [3.8, 4) is 0 Å². The standard InChI is InChI=1S/C17H18Cl2N4O/c1-10-20-14(9-15(21-10)22-11-5-2-3-6-11)17(24)23-13-8-4-7-12(18)16(13)19/h4,7-9,11H,2-3,5-6H2,1H3,(H,23,24)(H,20,21,22). The van der Waals surface area contributed by atoms with Gasteiger partial charge in [-0.2, -0.15) is 0 Å². The lowest BCUT2D eigenvalue weighted by Crippen LogP contribution is -2.19. The van der Waals surface area contributed by atoms with Crippen molar-refractivity contribution in [3.63, 3.8) is 0 Å². The quantitative estimate of drug-likeness (QED) is 0.824. The first kappa shape index (κ1) is 17.0. The van der Waals surface area contributed by atoms with E-state index in [1.54, 1.807) is 31.2 Å². The van der Waals surface area contributed by atoms with Gasteiger partial charge in [0.2, 0.25) is 0 Å². The minimum atomic E-state index is -0.348. The van der Waals surface area contributed by atoms with E-state index in [9.17, 15) is 4.79 Å². The van der Waals surface area contributed by atoms with Crippen LogP contribution in [0.25, 0.3) is 0 Å². The van der Waals surface area contributed by atoms with E-state index in [1.807, 2.05) is 0 Å². The smallest absolute Gasteiger partial charge is 0.274 e. The SMILES string of the molecule is Cc1nc(NC2CCCC2)cc(C(=O)Nc2cccc(Cl)c2Cl)n1. The van der Waals surface area contributed by atoms with E-state index < -0.39 is 0 Å². The monoisotopic (exact) mass is 364 g/mol. The van der Waals surface area contributed by atoms with Crippen LogP contribution in [0, 0.1) is 6.92 Å². The topological polar surface area (TPSA) is 66.9 Å². The Morgan fingerprint density at radius 3 is 2.71 bits per heavy atom. The van der Waals surface area contributed by atoms with Crippen LogP contribution in [-0.4, -0.2) is 21.9 Å². The van der Waals surface area contributed by atoms with Crippen molar-refractivity contribution in [2.24, 2.45) is 0 Å². The maximum atomic E-state index is 12.5. The molecule has 5 nitrogen and oxygen atoms in total. The molecule has 0 spiro atoms. The molecule has 1 amide bonds. The van der Waals surface area contributed by atoms with Crippen LogP contribution in [-0.2, 0) is 0 Å². The van der Waals surface area contributed by atoms with Crippen LogP contribution in [0.4, 0.5) is 11.5 Å². The van der Waals surface area contributed by atoms with Crippen molar-refractivity contribution in [2.45, 2.75) is 38.6 Å². The summed E-state index contributed by atoms with van der Waals surface area (Å²) in [6, 6.07) is 7.16.